The highest BCUT2D eigenvalue weighted by molar-refractivity contribution is 5.66. The van der Waals surface area contributed by atoms with Crippen LogP contribution in [0.2, 0.25) is 0 Å². The molecular formula is C30H58O2. The summed E-state index contributed by atoms with van der Waals surface area (Å²) in [4.78, 5) is 10.4. The monoisotopic (exact) mass is 450 g/mol. The highest BCUT2D eigenvalue weighted by Crippen LogP contribution is 2.15. The Kier molecular flexibility index (Phi) is 27.5. The van der Waals surface area contributed by atoms with E-state index in [9.17, 15) is 4.79 Å². The molecule has 0 heterocycles. The van der Waals surface area contributed by atoms with Crippen LogP contribution in [0.25, 0.3) is 0 Å². The molecule has 0 aliphatic rings. The topological polar surface area (TPSA) is 37.3 Å². The summed E-state index contributed by atoms with van der Waals surface area (Å²) in [6, 6.07) is 0. The van der Waals surface area contributed by atoms with Crippen molar-refractivity contribution in [1.82, 2.24) is 0 Å². The first-order valence-electron chi connectivity index (χ1n) is 14.6. The Labute approximate surface area is 202 Å². The second kappa shape index (κ2) is 28.2. The maximum Gasteiger partial charge on any atom is 0.303 e. The SMILES string of the molecule is CCCCCCCCCCCCCCCCCCCCC=CCCCCCCCC(=O)O. The van der Waals surface area contributed by atoms with Gasteiger partial charge in [0.1, 0.15) is 0 Å². The third-order valence-corrected chi connectivity index (χ3v) is 6.65. The molecule has 2 nitrogen and oxygen atoms in total. The van der Waals surface area contributed by atoms with Crippen molar-refractivity contribution in [3.8, 4) is 0 Å². The van der Waals surface area contributed by atoms with E-state index in [1.54, 1.807) is 0 Å². The number of allylic oxidation sites excluding steroid dienone is 2. The highest BCUT2D eigenvalue weighted by atomic mass is 16.4. The molecule has 0 saturated carbocycles. The molecule has 0 aliphatic heterocycles. The van der Waals surface area contributed by atoms with Gasteiger partial charge < -0.3 is 5.11 Å². The molecule has 0 radical (unpaired) electrons. The molecule has 0 unspecified atom stereocenters. The zero-order valence-corrected chi connectivity index (χ0v) is 21.9. The Morgan fingerprint density at radius 1 is 0.469 bits per heavy atom. The number of carboxylic acid groups (broad SMARTS) is 1. The number of aliphatic carboxylic acids is 1. The van der Waals surface area contributed by atoms with Gasteiger partial charge in [0.2, 0.25) is 0 Å². The van der Waals surface area contributed by atoms with Gasteiger partial charge in [0.15, 0.2) is 0 Å². The van der Waals surface area contributed by atoms with Crippen LogP contribution in [0.5, 0.6) is 0 Å². The average molecular weight is 451 g/mol. The van der Waals surface area contributed by atoms with Crippen LogP contribution in [0, 0.1) is 0 Å². The van der Waals surface area contributed by atoms with Gasteiger partial charge in [-0.1, -0.05) is 147 Å². The van der Waals surface area contributed by atoms with Crippen molar-refractivity contribution in [2.24, 2.45) is 0 Å². The average Bonchev–Trinajstić information content (AvgIpc) is 2.78. The first-order chi connectivity index (χ1) is 15.8. The van der Waals surface area contributed by atoms with E-state index in [4.69, 9.17) is 5.11 Å². The molecular weight excluding hydrogens is 392 g/mol. The van der Waals surface area contributed by atoms with Gasteiger partial charge in [-0.2, -0.15) is 0 Å². The largest absolute Gasteiger partial charge is 0.481 e. The van der Waals surface area contributed by atoms with Crippen molar-refractivity contribution >= 4 is 5.97 Å². The molecule has 0 rings (SSSR count). The Balaban J connectivity index is 3.07. The van der Waals surface area contributed by atoms with E-state index in [0.29, 0.717) is 6.42 Å². The first-order valence-corrected chi connectivity index (χ1v) is 14.6. The van der Waals surface area contributed by atoms with E-state index in [1.807, 2.05) is 0 Å². The molecule has 0 fully saturated rings. The molecule has 0 aliphatic carbocycles. The minimum atomic E-state index is -0.660. The van der Waals surface area contributed by atoms with E-state index >= 15 is 0 Å². The lowest BCUT2D eigenvalue weighted by Gasteiger charge is -2.03. The van der Waals surface area contributed by atoms with Crippen LogP contribution in [0.15, 0.2) is 12.2 Å². The van der Waals surface area contributed by atoms with E-state index in [0.717, 1.165) is 12.8 Å². The summed E-state index contributed by atoms with van der Waals surface area (Å²) in [5.41, 5.74) is 0. The summed E-state index contributed by atoms with van der Waals surface area (Å²) in [6.07, 6.45) is 39.0. The van der Waals surface area contributed by atoms with E-state index in [2.05, 4.69) is 19.1 Å². The maximum absolute atomic E-state index is 10.4. The van der Waals surface area contributed by atoms with Crippen LogP contribution in [0.3, 0.4) is 0 Å². The van der Waals surface area contributed by atoms with Crippen molar-refractivity contribution in [1.29, 1.82) is 0 Å². The second-order valence-electron chi connectivity index (χ2n) is 9.97. The van der Waals surface area contributed by atoms with Crippen molar-refractivity contribution < 1.29 is 9.90 Å². The molecule has 0 saturated heterocycles. The van der Waals surface area contributed by atoms with Crippen LogP contribution in [0.1, 0.15) is 174 Å². The van der Waals surface area contributed by atoms with Crippen molar-refractivity contribution in [2.75, 3.05) is 0 Å². The number of hydrogen-bond acceptors (Lipinski definition) is 1. The third kappa shape index (κ3) is 29.2. The Morgan fingerprint density at radius 3 is 1.06 bits per heavy atom. The Hall–Kier alpha value is -0.790. The number of unbranched alkanes of at least 4 members (excludes halogenated alkanes) is 23. The quantitative estimate of drug-likeness (QED) is 0.0997. The third-order valence-electron chi connectivity index (χ3n) is 6.65. The van der Waals surface area contributed by atoms with Crippen LogP contribution in [-0.2, 0) is 4.79 Å². The number of carbonyl (C=O) groups is 1. The minimum Gasteiger partial charge on any atom is -0.481 e. The lowest BCUT2D eigenvalue weighted by Crippen LogP contribution is -1.93. The summed E-state index contributed by atoms with van der Waals surface area (Å²) >= 11 is 0. The van der Waals surface area contributed by atoms with Gasteiger partial charge in [0.05, 0.1) is 0 Å². The fourth-order valence-corrected chi connectivity index (χ4v) is 4.47. The van der Waals surface area contributed by atoms with E-state index < -0.39 is 5.97 Å². The molecule has 0 spiro atoms. The predicted octanol–water partition coefficient (Wildman–Crippen LogP) is 10.8. The summed E-state index contributed by atoms with van der Waals surface area (Å²) < 4.78 is 0. The lowest BCUT2D eigenvalue weighted by molar-refractivity contribution is -0.137. The molecule has 32 heavy (non-hydrogen) atoms. The van der Waals surface area contributed by atoms with Crippen molar-refractivity contribution in [3.05, 3.63) is 12.2 Å². The molecule has 190 valence electrons. The van der Waals surface area contributed by atoms with Crippen molar-refractivity contribution in [2.45, 2.75) is 174 Å². The van der Waals surface area contributed by atoms with E-state index in [-0.39, 0.29) is 0 Å². The van der Waals surface area contributed by atoms with Crippen LogP contribution >= 0.6 is 0 Å². The number of carboxylic acids is 1. The molecule has 1 N–H and O–H groups in total. The van der Waals surface area contributed by atoms with E-state index in [1.165, 1.54) is 148 Å². The number of rotatable bonds is 27. The van der Waals surface area contributed by atoms with Gasteiger partial charge in [-0.25, -0.2) is 0 Å². The number of hydrogen-bond donors (Lipinski definition) is 1. The summed E-state index contributed by atoms with van der Waals surface area (Å²) in [5.74, 6) is -0.660. The van der Waals surface area contributed by atoms with Crippen LogP contribution in [-0.4, -0.2) is 11.1 Å². The van der Waals surface area contributed by atoms with Gasteiger partial charge in [0.25, 0.3) is 0 Å². The zero-order valence-electron chi connectivity index (χ0n) is 21.9. The smallest absolute Gasteiger partial charge is 0.303 e. The molecule has 0 amide bonds. The highest BCUT2D eigenvalue weighted by Gasteiger charge is 1.96. The molecule has 0 aromatic carbocycles. The van der Waals surface area contributed by atoms with Crippen LogP contribution in [0.4, 0.5) is 0 Å². The molecule has 0 atom stereocenters. The predicted molar refractivity (Wildman–Crippen MR) is 142 cm³/mol. The molecule has 0 bridgehead atoms. The van der Waals surface area contributed by atoms with Gasteiger partial charge in [0, 0.05) is 6.42 Å². The molecule has 0 aromatic heterocycles. The molecule has 2 heteroatoms. The zero-order chi connectivity index (χ0) is 23.4. The standard InChI is InChI=1S/C30H58O2/c1-2-3-4-5-6-7-8-9-10-11-12-13-14-15-16-17-18-19-20-21-22-23-24-25-26-27-28-29-30(31)32/h21-22H,2-20,23-29H2,1H3,(H,31,32). The van der Waals surface area contributed by atoms with Crippen molar-refractivity contribution in [3.63, 3.8) is 0 Å². The van der Waals surface area contributed by atoms with Gasteiger partial charge in [-0.3, -0.25) is 4.79 Å². The summed E-state index contributed by atoms with van der Waals surface area (Å²) in [5, 5.41) is 8.60. The molecule has 0 aromatic rings. The first kappa shape index (κ1) is 31.2. The minimum absolute atomic E-state index is 0.333. The Morgan fingerprint density at radius 2 is 0.750 bits per heavy atom. The van der Waals surface area contributed by atoms with Crippen LogP contribution < -0.4 is 0 Å². The summed E-state index contributed by atoms with van der Waals surface area (Å²) in [7, 11) is 0. The Bertz CT molecular complexity index is 388. The van der Waals surface area contributed by atoms with Gasteiger partial charge >= 0.3 is 5.97 Å². The van der Waals surface area contributed by atoms with Gasteiger partial charge in [-0.15, -0.1) is 0 Å². The fraction of sp³-hybridized carbons (Fsp3) is 0.900. The second-order valence-corrected chi connectivity index (χ2v) is 9.97. The lowest BCUT2D eigenvalue weighted by atomic mass is 10.0. The maximum atomic E-state index is 10.4. The van der Waals surface area contributed by atoms with Gasteiger partial charge in [-0.05, 0) is 32.1 Å². The summed E-state index contributed by atoms with van der Waals surface area (Å²) in [6.45, 7) is 2.29. The normalized spacial score (nSPS) is 11.5. The fourth-order valence-electron chi connectivity index (χ4n) is 4.47.